The maximum Gasteiger partial charge on any atom is 0.0541 e. The van der Waals surface area contributed by atoms with Crippen LogP contribution in [-0.2, 0) is 0 Å². The van der Waals surface area contributed by atoms with Crippen molar-refractivity contribution in [3.05, 3.63) is 279 Å². The topological polar surface area (TPSA) is 8.17 Å². The normalized spacial score (nSPS) is 11.6. The first-order valence-electron chi connectivity index (χ1n) is 24.8. The second kappa shape index (κ2) is 17.2. The van der Waals surface area contributed by atoms with Crippen LogP contribution in [0.1, 0.15) is 0 Å². The summed E-state index contributed by atoms with van der Waals surface area (Å²) >= 11 is 0. The van der Waals surface area contributed by atoms with Gasteiger partial charge < -0.3 is 9.47 Å². The number of rotatable bonds is 8. The van der Waals surface area contributed by atoms with Crippen LogP contribution >= 0.6 is 0 Å². The SMILES string of the molecule is c1ccc(N(c2ccc(-c3ccc(-n4c5ccccc5c5ccccc54)cc3)cc2)c2cccc(-c3ccc4c(-c5cccc6ccccc56)c5ccccc5c(-c5cccc6ccccc56)c4c3)c2)cc1. The van der Waals surface area contributed by atoms with Gasteiger partial charge in [-0.25, -0.2) is 0 Å². The molecule has 13 aromatic carbocycles. The Morgan fingerprint density at radius 1 is 0.236 bits per heavy atom. The van der Waals surface area contributed by atoms with Crippen molar-refractivity contribution in [2.75, 3.05) is 4.90 Å². The third kappa shape index (κ3) is 6.88. The van der Waals surface area contributed by atoms with Crippen molar-refractivity contribution in [2.24, 2.45) is 0 Å². The number of anilines is 3. The Morgan fingerprint density at radius 3 is 1.26 bits per heavy atom. The number of hydrogen-bond acceptors (Lipinski definition) is 1. The predicted octanol–water partition coefficient (Wildman–Crippen LogP) is 19.5. The largest absolute Gasteiger partial charge is 0.310 e. The van der Waals surface area contributed by atoms with Crippen LogP contribution in [0.15, 0.2) is 279 Å². The highest BCUT2D eigenvalue weighted by Crippen LogP contribution is 2.48. The Labute approximate surface area is 418 Å². The second-order valence-electron chi connectivity index (χ2n) is 18.8. The van der Waals surface area contributed by atoms with E-state index in [4.69, 9.17) is 0 Å². The van der Waals surface area contributed by atoms with E-state index in [9.17, 15) is 0 Å². The minimum absolute atomic E-state index is 1.09. The monoisotopic (exact) mass is 914 g/mol. The molecule has 0 unspecified atom stereocenters. The van der Waals surface area contributed by atoms with E-state index in [1.807, 2.05) is 0 Å². The van der Waals surface area contributed by atoms with E-state index >= 15 is 0 Å². The number of para-hydroxylation sites is 3. The fourth-order valence-electron chi connectivity index (χ4n) is 11.5. The maximum atomic E-state index is 2.45. The summed E-state index contributed by atoms with van der Waals surface area (Å²) in [6.07, 6.45) is 0. The molecule has 0 bridgehead atoms. The third-order valence-corrected chi connectivity index (χ3v) is 14.8. The van der Waals surface area contributed by atoms with Gasteiger partial charge in [0.2, 0.25) is 0 Å². The van der Waals surface area contributed by atoms with Gasteiger partial charge in [0.15, 0.2) is 0 Å². The molecule has 0 aliphatic heterocycles. The van der Waals surface area contributed by atoms with E-state index in [1.165, 1.54) is 98.3 Å². The molecule has 336 valence electrons. The molecular formula is C70H46N2. The summed E-state index contributed by atoms with van der Waals surface area (Å²) in [5.74, 6) is 0. The van der Waals surface area contributed by atoms with Gasteiger partial charge in [-0.1, -0.05) is 212 Å². The van der Waals surface area contributed by atoms with E-state index in [0.29, 0.717) is 0 Å². The van der Waals surface area contributed by atoms with E-state index in [0.717, 1.165) is 33.9 Å². The van der Waals surface area contributed by atoms with Crippen LogP contribution in [0.3, 0.4) is 0 Å². The van der Waals surface area contributed by atoms with Crippen LogP contribution in [0.4, 0.5) is 17.1 Å². The first-order chi connectivity index (χ1) is 35.7. The highest BCUT2D eigenvalue weighted by molar-refractivity contribution is 6.25. The Morgan fingerprint density at radius 2 is 0.653 bits per heavy atom. The van der Waals surface area contributed by atoms with Crippen LogP contribution in [0.5, 0.6) is 0 Å². The van der Waals surface area contributed by atoms with E-state index in [2.05, 4.69) is 289 Å². The van der Waals surface area contributed by atoms with Crippen LogP contribution in [0, 0.1) is 0 Å². The summed E-state index contributed by atoms with van der Waals surface area (Å²) < 4.78 is 2.37. The fourth-order valence-corrected chi connectivity index (χ4v) is 11.5. The molecular weight excluding hydrogens is 869 g/mol. The smallest absolute Gasteiger partial charge is 0.0541 e. The average molecular weight is 915 g/mol. The van der Waals surface area contributed by atoms with E-state index in [-0.39, 0.29) is 0 Å². The standard InChI is InChI=1S/C70H46N2/c1-2-22-53(23-3-1)71(54-40-35-47(36-41-54)48-37-42-55(43-38-48)72-67-33-12-10-27-59(67)60-28-11-13-34-68(60)72)56-24-14-21-51(45-56)52-39-44-65-66(46-52)70(62-32-16-20-50-18-5-7-26-58(50)62)64-30-9-8-29-63(64)69(65)61-31-15-19-49-17-4-6-25-57(49)61/h1-46H. The van der Waals surface area contributed by atoms with Crippen LogP contribution in [0.2, 0.25) is 0 Å². The first-order valence-corrected chi connectivity index (χ1v) is 24.8. The predicted molar refractivity (Wildman–Crippen MR) is 307 cm³/mol. The Balaban J connectivity index is 0.888. The van der Waals surface area contributed by atoms with Gasteiger partial charge in [-0.05, 0) is 154 Å². The van der Waals surface area contributed by atoms with Crippen molar-refractivity contribution in [3.63, 3.8) is 0 Å². The van der Waals surface area contributed by atoms with Gasteiger partial charge in [0, 0.05) is 33.5 Å². The average Bonchev–Trinajstić information content (AvgIpc) is 3.79. The summed E-state index contributed by atoms with van der Waals surface area (Å²) in [6, 6.07) is 102. The summed E-state index contributed by atoms with van der Waals surface area (Å²) in [7, 11) is 0. The molecule has 0 N–H and O–H groups in total. The van der Waals surface area contributed by atoms with Gasteiger partial charge in [0.05, 0.1) is 11.0 Å². The van der Waals surface area contributed by atoms with Crippen LogP contribution in [0.25, 0.3) is 115 Å². The molecule has 0 radical (unpaired) electrons. The van der Waals surface area contributed by atoms with Crippen molar-refractivity contribution in [3.8, 4) is 50.2 Å². The lowest BCUT2D eigenvalue weighted by Crippen LogP contribution is -2.09. The zero-order valence-corrected chi connectivity index (χ0v) is 39.5. The maximum absolute atomic E-state index is 2.45. The van der Waals surface area contributed by atoms with Crippen molar-refractivity contribution < 1.29 is 0 Å². The molecule has 0 saturated heterocycles. The molecule has 2 heteroatoms. The van der Waals surface area contributed by atoms with Gasteiger partial charge >= 0.3 is 0 Å². The second-order valence-corrected chi connectivity index (χ2v) is 18.8. The molecule has 0 aliphatic carbocycles. The summed E-state index contributed by atoms with van der Waals surface area (Å²) in [6.45, 7) is 0. The molecule has 1 aromatic heterocycles. The Bertz CT molecular complexity index is 4310. The molecule has 2 nitrogen and oxygen atoms in total. The summed E-state index contributed by atoms with van der Waals surface area (Å²) in [5.41, 5.74) is 16.5. The van der Waals surface area contributed by atoms with E-state index < -0.39 is 0 Å². The molecule has 0 amide bonds. The summed E-state index contributed by atoms with van der Waals surface area (Å²) in [4.78, 5) is 2.37. The van der Waals surface area contributed by atoms with Gasteiger partial charge in [0.1, 0.15) is 0 Å². The molecule has 0 aliphatic rings. The lowest BCUT2D eigenvalue weighted by atomic mass is 9.83. The minimum Gasteiger partial charge on any atom is -0.310 e. The zero-order chi connectivity index (χ0) is 47.5. The molecule has 0 spiro atoms. The summed E-state index contributed by atoms with van der Waals surface area (Å²) in [5, 5.41) is 12.5. The number of fused-ring (bicyclic) bond motifs is 7. The van der Waals surface area contributed by atoms with E-state index in [1.54, 1.807) is 0 Å². The third-order valence-electron chi connectivity index (χ3n) is 14.8. The molecule has 72 heavy (non-hydrogen) atoms. The molecule has 1 heterocycles. The molecule has 14 rings (SSSR count). The fraction of sp³-hybridized carbons (Fsp3) is 0. The number of aromatic nitrogens is 1. The Kier molecular flexibility index (Phi) is 9.89. The lowest BCUT2D eigenvalue weighted by Gasteiger charge is -2.26. The molecule has 0 atom stereocenters. The van der Waals surface area contributed by atoms with Gasteiger partial charge in [-0.15, -0.1) is 0 Å². The highest BCUT2D eigenvalue weighted by atomic mass is 15.1. The number of nitrogens with zero attached hydrogens (tertiary/aromatic N) is 2. The van der Waals surface area contributed by atoms with Crippen molar-refractivity contribution >= 4 is 82.0 Å². The van der Waals surface area contributed by atoms with Gasteiger partial charge in [-0.2, -0.15) is 0 Å². The van der Waals surface area contributed by atoms with Gasteiger partial charge in [0.25, 0.3) is 0 Å². The zero-order valence-electron chi connectivity index (χ0n) is 39.5. The van der Waals surface area contributed by atoms with Crippen LogP contribution in [-0.4, -0.2) is 4.57 Å². The van der Waals surface area contributed by atoms with Gasteiger partial charge in [-0.3, -0.25) is 0 Å². The highest BCUT2D eigenvalue weighted by Gasteiger charge is 2.21. The first kappa shape index (κ1) is 41.5. The van der Waals surface area contributed by atoms with Crippen molar-refractivity contribution in [1.82, 2.24) is 4.57 Å². The van der Waals surface area contributed by atoms with Crippen molar-refractivity contribution in [2.45, 2.75) is 0 Å². The molecule has 0 fully saturated rings. The quantitative estimate of drug-likeness (QED) is 0.138. The Hall–Kier alpha value is -9.50. The number of hydrogen-bond donors (Lipinski definition) is 0. The molecule has 14 aromatic rings. The number of benzene rings is 13. The molecule has 0 saturated carbocycles. The minimum atomic E-state index is 1.09. The van der Waals surface area contributed by atoms with Crippen LogP contribution < -0.4 is 4.90 Å². The lowest BCUT2D eigenvalue weighted by molar-refractivity contribution is 1.18. The van der Waals surface area contributed by atoms with Crippen molar-refractivity contribution in [1.29, 1.82) is 0 Å².